The van der Waals surface area contributed by atoms with Crippen LogP contribution in [0.2, 0.25) is 0 Å². The van der Waals surface area contributed by atoms with Gasteiger partial charge in [-0.2, -0.15) is 13.2 Å². The van der Waals surface area contributed by atoms with Crippen molar-refractivity contribution in [2.75, 3.05) is 11.9 Å². The molecule has 1 aromatic heterocycles. The van der Waals surface area contributed by atoms with Crippen molar-refractivity contribution in [2.45, 2.75) is 19.3 Å². The molecule has 2 nitrogen and oxygen atoms in total. The van der Waals surface area contributed by atoms with E-state index in [0.717, 1.165) is 15.4 Å². The second-order valence-corrected chi connectivity index (χ2v) is 6.95. The number of thiophene rings is 1. The summed E-state index contributed by atoms with van der Waals surface area (Å²) in [6, 6.07) is 6.07. The number of hydrogen-bond donors (Lipinski definition) is 1. The van der Waals surface area contributed by atoms with Crippen molar-refractivity contribution in [3.63, 3.8) is 0 Å². The zero-order valence-corrected chi connectivity index (χ0v) is 13.6. The Kier molecular flexibility index (Phi) is 4.95. The fourth-order valence-electron chi connectivity index (χ4n) is 2.06. The lowest BCUT2D eigenvalue weighted by atomic mass is 10.1. The number of benzene rings is 1. The van der Waals surface area contributed by atoms with Crippen LogP contribution in [0.25, 0.3) is 0 Å². The molecular formula is C14H14BrF3N2S. The van der Waals surface area contributed by atoms with E-state index in [-0.39, 0.29) is 12.1 Å². The number of halogens is 4. The van der Waals surface area contributed by atoms with Crippen molar-refractivity contribution in [2.24, 2.45) is 5.73 Å². The molecule has 114 valence electrons. The molecule has 1 heterocycles. The van der Waals surface area contributed by atoms with E-state index < -0.39 is 11.7 Å². The summed E-state index contributed by atoms with van der Waals surface area (Å²) in [5.74, 6) is 0. The molecule has 0 aliphatic rings. The molecule has 2 aromatic rings. The number of hydrogen-bond acceptors (Lipinski definition) is 3. The SMILES string of the molecule is CN(Cc1csc(Br)c1)c1ccc(C(F)(F)F)c(CN)c1. The monoisotopic (exact) mass is 378 g/mol. The Morgan fingerprint density at radius 2 is 2.00 bits per heavy atom. The fraction of sp³-hybridized carbons (Fsp3) is 0.286. The molecular weight excluding hydrogens is 365 g/mol. The molecule has 0 unspecified atom stereocenters. The average Bonchev–Trinajstić information content (AvgIpc) is 2.82. The minimum absolute atomic E-state index is 0.110. The van der Waals surface area contributed by atoms with Gasteiger partial charge < -0.3 is 10.6 Å². The van der Waals surface area contributed by atoms with Crippen LogP contribution >= 0.6 is 27.3 Å². The van der Waals surface area contributed by atoms with E-state index in [4.69, 9.17) is 5.73 Å². The minimum atomic E-state index is -4.37. The maximum Gasteiger partial charge on any atom is 0.416 e. The molecule has 21 heavy (non-hydrogen) atoms. The van der Waals surface area contributed by atoms with Crippen molar-refractivity contribution >= 4 is 33.0 Å². The largest absolute Gasteiger partial charge is 0.416 e. The summed E-state index contributed by atoms with van der Waals surface area (Å²) in [6.07, 6.45) is -4.37. The van der Waals surface area contributed by atoms with Crippen LogP contribution in [0.15, 0.2) is 33.4 Å². The van der Waals surface area contributed by atoms with Gasteiger partial charge >= 0.3 is 6.18 Å². The van der Waals surface area contributed by atoms with Gasteiger partial charge in [-0.15, -0.1) is 11.3 Å². The first-order chi connectivity index (χ1) is 9.81. The molecule has 0 saturated carbocycles. The second-order valence-electron chi connectivity index (χ2n) is 4.66. The molecule has 0 aliphatic carbocycles. The lowest BCUT2D eigenvalue weighted by Crippen LogP contribution is -2.18. The van der Waals surface area contributed by atoms with Gasteiger partial charge in [0.2, 0.25) is 0 Å². The van der Waals surface area contributed by atoms with E-state index in [1.54, 1.807) is 11.3 Å². The minimum Gasteiger partial charge on any atom is -0.370 e. The average molecular weight is 379 g/mol. The van der Waals surface area contributed by atoms with Crippen LogP contribution in [0.5, 0.6) is 0 Å². The maximum absolute atomic E-state index is 12.8. The molecule has 1 aromatic carbocycles. The number of anilines is 1. The molecule has 0 spiro atoms. The molecule has 2 N–H and O–H groups in total. The van der Waals surface area contributed by atoms with Gasteiger partial charge in [0, 0.05) is 25.8 Å². The van der Waals surface area contributed by atoms with Gasteiger partial charge in [-0.3, -0.25) is 0 Å². The molecule has 0 atom stereocenters. The van der Waals surface area contributed by atoms with E-state index in [1.807, 2.05) is 23.4 Å². The van der Waals surface area contributed by atoms with E-state index >= 15 is 0 Å². The predicted molar refractivity (Wildman–Crippen MR) is 83.5 cm³/mol. The van der Waals surface area contributed by atoms with Crippen LogP contribution in [0.4, 0.5) is 18.9 Å². The summed E-state index contributed by atoms with van der Waals surface area (Å²) in [4.78, 5) is 1.90. The second kappa shape index (κ2) is 6.37. The van der Waals surface area contributed by atoms with Crippen molar-refractivity contribution in [1.29, 1.82) is 0 Å². The molecule has 0 bridgehead atoms. The summed E-state index contributed by atoms with van der Waals surface area (Å²) in [6.45, 7) is 0.484. The Balaban J connectivity index is 2.24. The van der Waals surface area contributed by atoms with Crippen molar-refractivity contribution in [1.82, 2.24) is 0 Å². The number of rotatable bonds is 4. The van der Waals surface area contributed by atoms with E-state index in [2.05, 4.69) is 15.9 Å². The quantitative estimate of drug-likeness (QED) is 0.840. The summed E-state index contributed by atoms with van der Waals surface area (Å²) in [5, 5.41) is 2.01. The lowest BCUT2D eigenvalue weighted by molar-refractivity contribution is -0.138. The number of nitrogens with two attached hydrogens (primary N) is 1. The third kappa shape index (κ3) is 3.99. The third-order valence-electron chi connectivity index (χ3n) is 3.10. The molecule has 0 saturated heterocycles. The highest BCUT2D eigenvalue weighted by molar-refractivity contribution is 9.11. The summed E-state index contributed by atoms with van der Waals surface area (Å²) in [5.41, 5.74) is 6.71. The Bertz CT molecular complexity index is 625. The lowest BCUT2D eigenvalue weighted by Gasteiger charge is -2.21. The van der Waals surface area contributed by atoms with Crippen LogP contribution < -0.4 is 10.6 Å². The van der Waals surface area contributed by atoms with Crippen LogP contribution in [-0.2, 0) is 19.3 Å². The van der Waals surface area contributed by atoms with Gasteiger partial charge in [-0.25, -0.2) is 0 Å². The zero-order valence-electron chi connectivity index (χ0n) is 11.2. The maximum atomic E-state index is 12.8. The molecule has 0 amide bonds. The summed E-state index contributed by atoms with van der Waals surface area (Å²) >= 11 is 4.97. The molecule has 0 radical (unpaired) electrons. The third-order valence-corrected chi connectivity index (χ3v) is 4.65. The first-order valence-corrected chi connectivity index (χ1v) is 7.82. The summed E-state index contributed by atoms with van der Waals surface area (Å²) in [7, 11) is 1.84. The van der Waals surface area contributed by atoms with Gasteiger partial charge in [-0.05, 0) is 56.7 Å². The normalized spacial score (nSPS) is 11.7. The number of nitrogens with zero attached hydrogens (tertiary/aromatic N) is 1. The highest BCUT2D eigenvalue weighted by Gasteiger charge is 2.33. The molecule has 7 heteroatoms. The Morgan fingerprint density at radius 3 is 2.52 bits per heavy atom. The highest BCUT2D eigenvalue weighted by Crippen LogP contribution is 2.34. The highest BCUT2D eigenvalue weighted by atomic mass is 79.9. The molecule has 2 rings (SSSR count). The van der Waals surface area contributed by atoms with Crippen LogP contribution in [0.1, 0.15) is 16.7 Å². The Hall–Kier alpha value is -1.05. The van der Waals surface area contributed by atoms with Gasteiger partial charge in [0.05, 0.1) is 9.35 Å². The first kappa shape index (κ1) is 16.3. The smallest absolute Gasteiger partial charge is 0.370 e. The van der Waals surface area contributed by atoms with Gasteiger partial charge in [0.1, 0.15) is 0 Å². The topological polar surface area (TPSA) is 29.3 Å². The standard InChI is InChI=1S/C14H14BrF3N2S/c1-20(7-9-4-13(15)21-8-9)11-2-3-12(14(16,17)18)10(5-11)6-19/h2-5,8H,6-7,19H2,1H3. The zero-order chi connectivity index (χ0) is 15.6. The van der Waals surface area contributed by atoms with Crippen molar-refractivity contribution in [3.05, 3.63) is 50.1 Å². The van der Waals surface area contributed by atoms with Gasteiger partial charge in [-0.1, -0.05) is 0 Å². The molecule has 0 fully saturated rings. The van der Waals surface area contributed by atoms with Crippen LogP contribution in [-0.4, -0.2) is 7.05 Å². The Labute approximate surface area is 133 Å². The Morgan fingerprint density at radius 1 is 1.29 bits per heavy atom. The summed E-state index contributed by atoms with van der Waals surface area (Å²) < 4.78 is 39.6. The first-order valence-electron chi connectivity index (χ1n) is 6.15. The van der Waals surface area contributed by atoms with Crippen LogP contribution in [0.3, 0.4) is 0 Å². The van der Waals surface area contributed by atoms with Crippen molar-refractivity contribution < 1.29 is 13.2 Å². The fourth-order valence-corrected chi connectivity index (χ4v) is 3.26. The predicted octanol–water partition coefficient (Wildman–Crippen LogP) is 4.62. The van der Waals surface area contributed by atoms with Gasteiger partial charge in [0.15, 0.2) is 0 Å². The van der Waals surface area contributed by atoms with Gasteiger partial charge in [0.25, 0.3) is 0 Å². The number of alkyl halides is 3. The van der Waals surface area contributed by atoms with E-state index in [0.29, 0.717) is 12.2 Å². The molecule has 0 aliphatic heterocycles. The van der Waals surface area contributed by atoms with Crippen molar-refractivity contribution in [3.8, 4) is 0 Å². The van der Waals surface area contributed by atoms with E-state index in [1.165, 1.54) is 12.1 Å². The van der Waals surface area contributed by atoms with E-state index in [9.17, 15) is 13.2 Å². The van der Waals surface area contributed by atoms with Crippen LogP contribution in [0, 0.1) is 0 Å².